The van der Waals surface area contributed by atoms with Gasteiger partial charge >= 0.3 is 5.97 Å². The first-order valence-electron chi connectivity index (χ1n) is 8.13. The summed E-state index contributed by atoms with van der Waals surface area (Å²) >= 11 is 0. The lowest BCUT2D eigenvalue weighted by atomic mass is 9.85. The van der Waals surface area contributed by atoms with Gasteiger partial charge in [-0.15, -0.1) is 0 Å². The van der Waals surface area contributed by atoms with Crippen molar-refractivity contribution in [1.29, 1.82) is 0 Å². The zero-order valence-electron chi connectivity index (χ0n) is 12.5. The summed E-state index contributed by atoms with van der Waals surface area (Å²) in [6, 6.07) is 1.26. The summed E-state index contributed by atoms with van der Waals surface area (Å²) in [5, 5.41) is 3.80. The van der Waals surface area contributed by atoms with Crippen LogP contribution in [-0.2, 0) is 9.53 Å². The van der Waals surface area contributed by atoms with Crippen LogP contribution in [0.5, 0.6) is 0 Å². The minimum atomic E-state index is 0.0183. The van der Waals surface area contributed by atoms with Crippen molar-refractivity contribution >= 4 is 5.97 Å². The number of esters is 1. The van der Waals surface area contributed by atoms with Crippen LogP contribution in [0.4, 0.5) is 0 Å². The fourth-order valence-corrected chi connectivity index (χ4v) is 3.72. The molecule has 2 aliphatic carbocycles. The molecule has 0 spiro atoms. The van der Waals surface area contributed by atoms with Crippen LogP contribution in [0.1, 0.15) is 65.2 Å². The summed E-state index contributed by atoms with van der Waals surface area (Å²) in [7, 11) is 0. The van der Waals surface area contributed by atoms with E-state index in [0.717, 1.165) is 31.6 Å². The molecule has 2 aliphatic rings. The van der Waals surface area contributed by atoms with E-state index in [1.165, 1.54) is 25.7 Å². The molecule has 0 amide bonds. The van der Waals surface area contributed by atoms with Gasteiger partial charge in [-0.1, -0.05) is 12.8 Å². The second kappa shape index (κ2) is 7.28. The molecule has 19 heavy (non-hydrogen) atoms. The Morgan fingerprint density at radius 2 is 1.79 bits per heavy atom. The molecule has 110 valence electrons. The van der Waals surface area contributed by atoms with Crippen molar-refractivity contribution in [2.45, 2.75) is 77.3 Å². The zero-order chi connectivity index (χ0) is 13.7. The molecule has 0 radical (unpaired) electrons. The maximum Gasteiger partial charge on any atom is 0.308 e. The number of hydrogen-bond acceptors (Lipinski definition) is 3. The number of ether oxygens (including phenoxy) is 1. The lowest BCUT2D eigenvalue weighted by Gasteiger charge is -2.32. The molecule has 0 saturated heterocycles. The number of carbonyl (C=O) groups excluding carboxylic acids is 1. The summed E-state index contributed by atoms with van der Waals surface area (Å²) in [4.78, 5) is 11.7. The lowest BCUT2D eigenvalue weighted by molar-refractivity contribution is -0.149. The molecule has 0 heterocycles. The predicted molar refractivity (Wildman–Crippen MR) is 76.9 cm³/mol. The molecule has 2 rings (SSSR count). The fourth-order valence-electron chi connectivity index (χ4n) is 3.72. The summed E-state index contributed by atoms with van der Waals surface area (Å²) in [5.74, 6) is 1.05. The molecule has 2 fully saturated rings. The van der Waals surface area contributed by atoms with E-state index in [4.69, 9.17) is 4.74 Å². The molecular weight excluding hydrogens is 238 g/mol. The average molecular weight is 267 g/mol. The Morgan fingerprint density at radius 3 is 2.37 bits per heavy atom. The Balaban J connectivity index is 1.69. The number of rotatable bonds is 5. The number of carbonyl (C=O) groups is 1. The zero-order valence-corrected chi connectivity index (χ0v) is 12.5. The van der Waals surface area contributed by atoms with E-state index in [1.54, 1.807) is 0 Å². The van der Waals surface area contributed by atoms with Gasteiger partial charge in [0.1, 0.15) is 0 Å². The highest BCUT2D eigenvalue weighted by atomic mass is 16.5. The smallest absolute Gasteiger partial charge is 0.308 e. The van der Waals surface area contributed by atoms with Gasteiger partial charge in [0.15, 0.2) is 0 Å². The molecule has 2 saturated carbocycles. The van der Waals surface area contributed by atoms with Gasteiger partial charge in [0.2, 0.25) is 0 Å². The third kappa shape index (κ3) is 4.20. The molecule has 0 bridgehead atoms. The minimum Gasteiger partial charge on any atom is -0.466 e. The van der Waals surface area contributed by atoms with Crippen molar-refractivity contribution in [3.63, 3.8) is 0 Å². The van der Waals surface area contributed by atoms with Crippen LogP contribution in [-0.4, -0.2) is 24.7 Å². The molecule has 0 aromatic heterocycles. The maximum atomic E-state index is 11.7. The molecule has 1 atom stereocenters. The first kappa shape index (κ1) is 14.8. The van der Waals surface area contributed by atoms with Crippen LogP contribution >= 0.6 is 0 Å². The van der Waals surface area contributed by atoms with E-state index in [0.29, 0.717) is 18.7 Å². The van der Waals surface area contributed by atoms with Crippen molar-refractivity contribution in [2.75, 3.05) is 6.61 Å². The summed E-state index contributed by atoms with van der Waals surface area (Å²) in [5.41, 5.74) is 0. The van der Waals surface area contributed by atoms with Crippen molar-refractivity contribution in [3.05, 3.63) is 0 Å². The Hall–Kier alpha value is -0.570. The van der Waals surface area contributed by atoms with E-state index >= 15 is 0 Å². The number of nitrogens with one attached hydrogen (secondary N) is 1. The first-order chi connectivity index (χ1) is 9.20. The van der Waals surface area contributed by atoms with Gasteiger partial charge in [0.05, 0.1) is 12.5 Å². The molecular formula is C16H29NO2. The topological polar surface area (TPSA) is 38.3 Å². The van der Waals surface area contributed by atoms with E-state index in [-0.39, 0.29) is 11.9 Å². The van der Waals surface area contributed by atoms with Crippen molar-refractivity contribution in [2.24, 2.45) is 11.8 Å². The van der Waals surface area contributed by atoms with Gasteiger partial charge < -0.3 is 10.1 Å². The second-order valence-corrected chi connectivity index (χ2v) is 6.30. The van der Waals surface area contributed by atoms with E-state index < -0.39 is 0 Å². The summed E-state index contributed by atoms with van der Waals surface area (Å²) < 4.78 is 5.12. The fraction of sp³-hybridized carbons (Fsp3) is 0.938. The average Bonchev–Trinajstić information content (AvgIpc) is 2.94. The van der Waals surface area contributed by atoms with E-state index in [2.05, 4.69) is 12.2 Å². The SMILES string of the molecule is CCOC(=O)C1CCC(NC(C)C2CCCC2)CC1. The Labute approximate surface area is 117 Å². The van der Waals surface area contributed by atoms with Gasteiger partial charge in [0, 0.05) is 12.1 Å². The molecule has 1 N–H and O–H groups in total. The van der Waals surface area contributed by atoms with Crippen molar-refractivity contribution in [3.8, 4) is 0 Å². The van der Waals surface area contributed by atoms with E-state index in [9.17, 15) is 4.79 Å². The highest BCUT2D eigenvalue weighted by Gasteiger charge is 2.29. The van der Waals surface area contributed by atoms with Crippen LogP contribution in [0.25, 0.3) is 0 Å². The second-order valence-electron chi connectivity index (χ2n) is 6.30. The van der Waals surface area contributed by atoms with Gasteiger partial charge in [-0.3, -0.25) is 4.79 Å². The standard InChI is InChI=1S/C16H29NO2/c1-3-19-16(18)14-8-10-15(11-9-14)17-12(2)13-6-4-5-7-13/h12-15,17H,3-11H2,1-2H3. The summed E-state index contributed by atoms with van der Waals surface area (Å²) in [6.07, 6.45) is 9.85. The van der Waals surface area contributed by atoms with Crippen LogP contribution in [0.3, 0.4) is 0 Å². The highest BCUT2D eigenvalue weighted by molar-refractivity contribution is 5.72. The third-order valence-corrected chi connectivity index (χ3v) is 4.95. The molecule has 1 unspecified atom stereocenters. The molecule has 0 aromatic rings. The van der Waals surface area contributed by atoms with Crippen LogP contribution in [0.2, 0.25) is 0 Å². The Kier molecular flexibility index (Phi) is 5.68. The Morgan fingerprint density at radius 1 is 1.16 bits per heavy atom. The predicted octanol–water partition coefficient (Wildman–Crippen LogP) is 3.28. The quantitative estimate of drug-likeness (QED) is 0.777. The largest absolute Gasteiger partial charge is 0.466 e. The first-order valence-corrected chi connectivity index (χ1v) is 8.13. The van der Waals surface area contributed by atoms with E-state index in [1.807, 2.05) is 6.92 Å². The normalized spacial score (nSPS) is 30.2. The monoisotopic (exact) mass is 267 g/mol. The van der Waals surface area contributed by atoms with Crippen molar-refractivity contribution in [1.82, 2.24) is 5.32 Å². The maximum absolute atomic E-state index is 11.7. The van der Waals surface area contributed by atoms with Crippen LogP contribution in [0, 0.1) is 11.8 Å². The van der Waals surface area contributed by atoms with Gasteiger partial charge in [-0.05, 0) is 58.3 Å². The lowest BCUT2D eigenvalue weighted by Crippen LogP contribution is -2.43. The van der Waals surface area contributed by atoms with Gasteiger partial charge in [-0.2, -0.15) is 0 Å². The molecule has 0 aromatic carbocycles. The molecule has 0 aliphatic heterocycles. The molecule has 3 heteroatoms. The summed E-state index contributed by atoms with van der Waals surface area (Å²) in [6.45, 7) is 4.73. The Bertz CT molecular complexity index is 278. The van der Waals surface area contributed by atoms with Crippen LogP contribution < -0.4 is 5.32 Å². The number of hydrogen-bond donors (Lipinski definition) is 1. The van der Waals surface area contributed by atoms with Crippen molar-refractivity contribution < 1.29 is 9.53 Å². The molecule has 3 nitrogen and oxygen atoms in total. The van der Waals surface area contributed by atoms with Gasteiger partial charge in [-0.25, -0.2) is 0 Å². The van der Waals surface area contributed by atoms with Crippen LogP contribution in [0.15, 0.2) is 0 Å². The minimum absolute atomic E-state index is 0.0183. The highest BCUT2D eigenvalue weighted by Crippen LogP contribution is 2.30. The third-order valence-electron chi connectivity index (χ3n) is 4.95. The van der Waals surface area contributed by atoms with Gasteiger partial charge in [0.25, 0.3) is 0 Å².